The van der Waals surface area contributed by atoms with Crippen LogP contribution in [0, 0.1) is 12.3 Å². The standard InChI is InChI=1S/C19H25N3O3/c1-5-8-22-17(23)7-6-14(21-22)18(24)20-15-10-19(3,4)11-16-13(15)9-12(2)25-16/h6-7,9,15H,5,8,10-11H2,1-4H3,(H,20,24)/t15-/m1/s1. The molecule has 6 nitrogen and oxygen atoms in total. The van der Waals surface area contributed by atoms with E-state index in [9.17, 15) is 9.59 Å². The minimum absolute atomic E-state index is 0.0453. The van der Waals surface area contributed by atoms with Gasteiger partial charge in [0.1, 0.15) is 17.2 Å². The van der Waals surface area contributed by atoms with Crippen molar-refractivity contribution in [1.82, 2.24) is 15.1 Å². The summed E-state index contributed by atoms with van der Waals surface area (Å²) in [4.78, 5) is 24.5. The zero-order valence-electron chi connectivity index (χ0n) is 15.3. The van der Waals surface area contributed by atoms with Crippen LogP contribution in [0.5, 0.6) is 0 Å². The summed E-state index contributed by atoms with van der Waals surface area (Å²) < 4.78 is 7.15. The Morgan fingerprint density at radius 2 is 2.20 bits per heavy atom. The van der Waals surface area contributed by atoms with Gasteiger partial charge in [-0.25, -0.2) is 4.68 Å². The molecule has 0 aliphatic heterocycles. The van der Waals surface area contributed by atoms with Gasteiger partial charge in [0.05, 0.1) is 6.04 Å². The quantitative estimate of drug-likeness (QED) is 0.926. The molecular formula is C19H25N3O3. The average Bonchev–Trinajstić information content (AvgIpc) is 2.88. The number of nitrogens with zero attached hydrogens (tertiary/aromatic N) is 2. The number of furan rings is 1. The van der Waals surface area contributed by atoms with E-state index >= 15 is 0 Å². The number of carbonyl (C=O) groups excluding carboxylic acids is 1. The van der Waals surface area contributed by atoms with Crippen molar-refractivity contribution in [3.8, 4) is 0 Å². The molecule has 1 atom stereocenters. The molecule has 6 heteroatoms. The highest BCUT2D eigenvalue weighted by Gasteiger charge is 2.35. The first-order valence-electron chi connectivity index (χ1n) is 8.77. The van der Waals surface area contributed by atoms with E-state index in [4.69, 9.17) is 4.42 Å². The third kappa shape index (κ3) is 3.67. The topological polar surface area (TPSA) is 77.1 Å². The summed E-state index contributed by atoms with van der Waals surface area (Å²) in [6.45, 7) is 8.74. The van der Waals surface area contributed by atoms with Crippen LogP contribution in [0.4, 0.5) is 0 Å². The number of carbonyl (C=O) groups is 1. The number of amides is 1. The molecule has 2 aromatic heterocycles. The first-order chi connectivity index (χ1) is 11.8. The highest BCUT2D eigenvalue weighted by molar-refractivity contribution is 5.92. The monoisotopic (exact) mass is 343 g/mol. The second-order valence-corrected chi connectivity index (χ2v) is 7.59. The summed E-state index contributed by atoms with van der Waals surface area (Å²) in [5.41, 5.74) is 1.17. The summed E-state index contributed by atoms with van der Waals surface area (Å²) in [7, 11) is 0. The molecule has 1 aliphatic rings. The summed E-state index contributed by atoms with van der Waals surface area (Å²) in [6, 6.07) is 4.77. The molecule has 3 rings (SSSR count). The predicted octanol–water partition coefficient (Wildman–Crippen LogP) is 3.00. The van der Waals surface area contributed by atoms with Gasteiger partial charge in [-0.2, -0.15) is 5.10 Å². The fourth-order valence-electron chi connectivity index (χ4n) is 3.49. The Labute approximate surface area is 147 Å². The van der Waals surface area contributed by atoms with Crippen LogP contribution in [0.2, 0.25) is 0 Å². The molecule has 0 bridgehead atoms. The summed E-state index contributed by atoms with van der Waals surface area (Å²) in [6.07, 6.45) is 2.48. The molecule has 134 valence electrons. The lowest BCUT2D eigenvalue weighted by Crippen LogP contribution is -2.37. The lowest BCUT2D eigenvalue weighted by atomic mass is 9.74. The van der Waals surface area contributed by atoms with Crippen molar-refractivity contribution in [1.29, 1.82) is 0 Å². The number of nitrogens with one attached hydrogen (secondary N) is 1. The molecule has 0 fully saturated rings. The van der Waals surface area contributed by atoms with E-state index < -0.39 is 0 Å². The summed E-state index contributed by atoms with van der Waals surface area (Å²) in [5.74, 6) is 1.54. The van der Waals surface area contributed by atoms with Crippen LogP contribution in [0.15, 0.2) is 27.4 Å². The van der Waals surface area contributed by atoms with Crippen LogP contribution >= 0.6 is 0 Å². The maximum Gasteiger partial charge on any atom is 0.272 e. The normalized spacial score (nSPS) is 18.6. The third-order valence-electron chi connectivity index (χ3n) is 4.58. The number of aryl methyl sites for hydroxylation is 2. The van der Waals surface area contributed by atoms with Gasteiger partial charge in [-0.15, -0.1) is 0 Å². The van der Waals surface area contributed by atoms with Crippen molar-refractivity contribution in [2.24, 2.45) is 5.41 Å². The Morgan fingerprint density at radius 1 is 1.44 bits per heavy atom. The van der Waals surface area contributed by atoms with Crippen molar-refractivity contribution < 1.29 is 9.21 Å². The molecule has 0 spiro atoms. The van der Waals surface area contributed by atoms with Gasteiger partial charge in [-0.3, -0.25) is 9.59 Å². The molecule has 1 aliphatic carbocycles. The minimum Gasteiger partial charge on any atom is -0.466 e. The van der Waals surface area contributed by atoms with E-state index in [0.717, 1.165) is 36.3 Å². The number of hydrogen-bond acceptors (Lipinski definition) is 4. The molecule has 2 heterocycles. The van der Waals surface area contributed by atoms with E-state index in [-0.39, 0.29) is 28.6 Å². The van der Waals surface area contributed by atoms with Gasteiger partial charge in [0.15, 0.2) is 0 Å². The molecule has 0 unspecified atom stereocenters. The van der Waals surface area contributed by atoms with E-state index in [2.05, 4.69) is 24.3 Å². The minimum atomic E-state index is -0.266. The van der Waals surface area contributed by atoms with Crippen molar-refractivity contribution in [2.75, 3.05) is 0 Å². The number of rotatable bonds is 4. The molecule has 1 N–H and O–H groups in total. The van der Waals surface area contributed by atoms with Gasteiger partial charge in [-0.1, -0.05) is 20.8 Å². The van der Waals surface area contributed by atoms with Gasteiger partial charge < -0.3 is 9.73 Å². The maximum absolute atomic E-state index is 12.7. The predicted molar refractivity (Wildman–Crippen MR) is 94.5 cm³/mol. The Morgan fingerprint density at radius 3 is 2.92 bits per heavy atom. The smallest absolute Gasteiger partial charge is 0.272 e. The van der Waals surface area contributed by atoms with Crippen LogP contribution in [-0.2, 0) is 13.0 Å². The second kappa shape index (κ2) is 6.50. The largest absolute Gasteiger partial charge is 0.466 e. The zero-order chi connectivity index (χ0) is 18.2. The van der Waals surface area contributed by atoms with E-state index in [1.54, 1.807) is 0 Å². The lowest BCUT2D eigenvalue weighted by Gasteiger charge is -2.34. The van der Waals surface area contributed by atoms with Gasteiger partial charge in [0, 0.05) is 24.6 Å². The fraction of sp³-hybridized carbons (Fsp3) is 0.526. The van der Waals surface area contributed by atoms with Crippen LogP contribution in [0.25, 0.3) is 0 Å². The van der Waals surface area contributed by atoms with Crippen LogP contribution in [0.3, 0.4) is 0 Å². The number of hydrogen-bond donors (Lipinski definition) is 1. The maximum atomic E-state index is 12.7. The highest BCUT2D eigenvalue weighted by Crippen LogP contribution is 2.42. The van der Waals surface area contributed by atoms with Gasteiger partial charge in [-0.05, 0) is 37.3 Å². The molecule has 0 radical (unpaired) electrons. The SMILES string of the molecule is CCCn1nc(C(=O)N[C@@H]2CC(C)(C)Cc3oc(C)cc32)ccc1=O. The fourth-order valence-corrected chi connectivity index (χ4v) is 3.49. The first-order valence-corrected chi connectivity index (χ1v) is 8.77. The van der Waals surface area contributed by atoms with Crippen molar-refractivity contribution >= 4 is 5.91 Å². The van der Waals surface area contributed by atoms with Crippen molar-refractivity contribution in [3.63, 3.8) is 0 Å². The summed E-state index contributed by atoms with van der Waals surface area (Å²) in [5, 5.41) is 7.27. The summed E-state index contributed by atoms with van der Waals surface area (Å²) >= 11 is 0. The Kier molecular flexibility index (Phi) is 4.54. The Bertz CT molecular complexity index is 848. The molecule has 0 saturated heterocycles. The van der Waals surface area contributed by atoms with Gasteiger partial charge in [0.2, 0.25) is 0 Å². The van der Waals surface area contributed by atoms with Crippen LogP contribution < -0.4 is 10.9 Å². The molecule has 25 heavy (non-hydrogen) atoms. The molecule has 2 aromatic rings. The Balaban J connectivity index is 1.85. The Hall–Kier alpha value is -2.37. The third-order valence-corrected chi connectivity index (χ3v) is 4.58. The van der Waals surface area contributed by atoms with E-state index in [0.29, 0.717) is 6.54 Å². The molecule has 0 aromatic carbocycles. The van der Waals surface area contributed by atoms with E-state index in [1.807, 2.05) is 19.9 Å². The lowest BCUT2D eigenvalue weighted by molar-refractivity contribution is 0.0909. The average molecular weight is 343 g/mol. The number of aromatic nitrogens is 2. The van der Waals surface area contributed by atoms with Crippen molar-refractivity contribution in [3.05, 3.63) is 51.3 Å². The van der Waals surface area contributed by atoms with Gasteiger partial charge >= 0.3 is 0 Å². The molecule has 0 saturated carbocycles. The second-order valence-electron chi connectivity index (χ2n) is 7.59. The first kappa shape index (κ1) is 17.5. The van der Waals surface area contributed by atoms with Crippen LogP contribution in [-0.4, -0.2) is 15.7 Å². The molecule has 1 amide bonds. The van der Waals surface area contributed by atoms with Crippen molar-refractivity contribution in [2.45, 2.75) is 59.5 Å². The van der Waals surface area contributed by atoms with Crippen LogP contribution in [0.1, 0.15) is 67.2 Å². The number of fused-ring (bicyclic) bond motifs is 1. The van der Waals surface area contributed by atoms with Gasteiger partial charge in [0.25, 0.3) is 11.5 Å². The van der Waals surface area contributed by atoms with E-state index in [1.165, 1.54) is 16.8 Å². The molecular weight excluding hydrogens is 318 g/mol. The highest BCUT2D eigenvalue weighted by atomic mass is 16.3. The zero-order valence-corrected chi connectivity index (χ0v) is 15.3.